The van der Waals surface area contributed by atoms with Gasteiger partial charge < -0.3 is 30.3 Å². The molecule has 1 heterocycles. The van der Waals surface area contributed by atoms with Gasteiger partial charge in [-0.05, 0) is 36.7 Å². The molecule has 254 valence electrons. The molecule has 45 heavy (non-hydrogen) atoms. The number of aliphatic hydroxyl groups excluding tert-OH is 2. The molecule has 0 aromatic heterocycles. The molecule has 1 aliphatic carbocycles. The molecule has 0 radical (unpaired) electrons. The third-order valence-corrected chi connectivity index (χ3v) is 9.97. The van der Waals surface area contributed by atoms with Crippen molar-refractivity contribution in [3.63, 3.8) is 0 Å². The number of benzene rings is 1. The van der Waals surface area contributed by atoms with Gasteiger partial charge in [0.1, 0.15) is 12.1 Å². The van der Waals surface area contributed by atoms with E-state index in [4.69, 9.17) is 9.47 Å². The number of morpholine rings is 1. The Bertz CT molecular complexity index is 1190. The zero-order chi connectivity index (χ0) is 33.0. The lowest BCUT2D eigenvalue weighted by atomic mass is 9.82. The largest absolute Gasteiger partial charge is 0.467 e. The van der Waals surface area contributed by atoms with Crippen LogP contribution < -0.4 is 15.4 Å². The number of rotatable bonds is 16. The third-order valence-electron chi connectivity index (χ3n) is 8.35. The van der Waals surface area contributed by atoms with Crippen LogP contribution in [0.1, 0.15) is 64.4 Å². The molecule has 0 bridgehead atoms. The topological polar surface area (TPSA) is 184 Å². The Morgan fingerprint density at radius 1 is 1.00 bits per heavy atom. The number of aliphatic hydroxyl groups is 2. The summed E-state index contributed by atoms with van der Waals surface area (Å²) >= 11 is 0. The number of carbonyl (C=O) groups excluding carboxylic acids is 3. The number of nitrogens with zero attached hydrogens (tertiary/aromatic N) is 1. The van der Waals surface area contributed by atoms with Crippen LogP contribution in [0.2, 0.25) is 0 Å². The lowest BCUT2D eigenvalue weighted by Crippen LogP contribution is -2.61. The number of ether oxygens (including phenoxy) is 2. The fourth-order valence-corrected chi connectivity index (χ4v) is 7.22. The first-order valence-electron chi connectivity index (χ1n) is 15.8. The van der Waals surface area contributed by atoms with Crippen LogP contribution in [-0.4, -0.2) is 104 Å². The molecule has 0 unspecified atom stereocenters. The zero-order valence-electron chi connectivity index (χ0n) is 26.5. The number of carbonyl (C=O) groups is 3. The summed E-state index contributed by atoms with van der Waals surface area (Å²) in [6.45, 7) is 4.45. The quantitative estimate of drug-likeness (QED) is 0.126. The van der Waals surface area contributed by atoms with Gasteiger partial charge >= 0.3 is 5.97 Å². The van der Waals surface area contributed by atoms with Crippen molar-refractivity contribution in [1.82, 2.24) is 19.7 Å². The van der Waals surface area contributed by atoms with Gasteiger partial charge in [-0.1, -0.05) is 76.3 Å². The maximum Gasteiger partial charge on any atom is 0.338 e. The second kappa shape index (κ2) is 17.9. The van der Waals surface area contributed by atoms with E-state index < -0.39 is 58.3 Å². The summed E-state index contributed by atoms with van der Waals surface area (Å²) in [5.41, 5.74) is 0.649. The van der Waals surface area contributed by atoms with Crippen molar-refractivity contribution in [2.45, 2.75) is 95.5 Å². The highest BCUT2D eigenvalue weighted by atomic mass is 32.2. The lowest BCUT2D eigenvalue weighted by molar-refractivity contribution is -0.150. The smallest absolute Gasteiger partial charge is 0.338 e. The predicted molar refractivity (Wildman–Crippen MR) is 167 cm³/mol. The SMILES string of the molecule is COC(=O)[C@@H](NC(=O)[C@H](Cc1ccccc1)NS(=O)(=O)N1CCOCC1)C(=O)N[C@@H](CC1CCCCC1)[C@@H](O)[C@@H](O)CC(C)C. The molecule has 2 amide bonds. The van der Waals surface area contributed by atoms with E-state index in [2.05, 4.69) is 15.4 Å². The number of methoxy groups -OCH3 is 1. The van der Waals surface area contributed by atoms with Gasteiger partial charge in [-0.15, -0.1) is 0 Å². The van der Waals surface area contributed by atoms with E-state index in [9.17, 15) is 33.0 Å². The van der Waals surface area contributed by atoms with Crippen molar-refractivity contribution in [1.29, 1.82) is 0 Å². The first-order valence-corrected chi connectivity index (χ1v) is 17.3. The Morgan fingerprint density at radius 3 is 2.24 bits per heavy atom. The van der Waals surface area contributed by atoms with Gasteiger partial charge in [0.25, 0.3) is 16.1 Å². The van der Waals surface area contributed by atoms with Crippen molar-refractivity contribution < 1.29 is 42.5 Å². The van der Waals surface area contributed by atoms with E-state index in [0.717, 1.165) is 39.2 Å². The van der Waals surface area contributed by atoms with Crippen LogP contribution in [0.5, 0.6) is 0 Å². The second-order valence-electron chi connectivity index (χ2n) is 12.4. The van der Waals surface area contributed by atoms with Gasteiger partial charge in [0, 0.05) is 13.1 Å². The molecule has 1 saturated heterocycles. The van der Waals surface area contributed by atoms with E-state index in [1.54, 1.807) is 30.3 Å². The van der Waals surface area contributed by atoms with Crippen molar-refractivity contribution >= 4 is 28.0 Å². The van der Waals surface area contributed by atoms with E-state index in [0.29, 0.717) is 18.4 Å². The summed E-state index contributed by atoms with van der Waals surface area (Å²) in [5.74, 6) is -2.61. The summed E-state index contributed by atoms with van der Waals surface area (Å²) in [6.07, 6.45) is 3.22. The Morgan fingerprint density at radius 2 is 1.64 bits per heavy atom. The molecule has 2 aliphatic rings. The molecule has 13 nitrogen and oxygen atoms in total. The number of hydrogen-bond acceptors (Lipinski definition) is 9. The second-order valence-corrected chi connectivity index (χ2v) is 14.1. The van der Waals surface area contributed by atoms with Gasteiger partial charge in [-0.2, -0.15) is 17.4 Å². The van der Waals surface area contributed by atoms with Gasteiger partial charge in [-0.25, -0.2) is 4.79 Å². The predicted octanol–water partition coefficient (Wildman–Crippen LogP) is 0.645. The van der Waals surface area contributed by atoms with Crippen LogP contribution in [0, 0.1) is 11.8 Å². The zero-order valence-corrected chi connectivity index (χ0v) is 27.3. The highest BCUT2D eigenvalue weighted by Gasteiger charge is 2.38. The molecule has 1 aromatic rings. The normalized spacial score (nSPS) is 20.0. The molecule has 1 aromatic carbocycles. The van der Waals surface area contributed by atoms with E-state index in [-0.39, 0.29) is 44.6 Å². The van der Waals surface area contributed by atoms with Gasteiger partial charge in [-0.3, -0.25) is 9.59 Å². The molecule has 5 N–H and O–H groups in total. The Balaban J connectivity index is 1.82. The molecular weight excluding hydrogens is 604 g/mol. The minimum atomic E-state index is -4.13. The Hall–Kier alpha value is -2.62. The fourth-order valence-electron chi connectivity index (χ4n) is 5.89. The highest BCUT2D eigenvalue weighted by molar-refractivity contribution is 7.87. The van der Waals surface area contributed by atoms with Crippen molar-refractivity contribution in [3.05, 3.63) is 35.9 Å². The Labute approximate surface area is 266 Å². The number of esters is 1. The first kappa shape index (κ1) is 36.8. The molecule has 14 heteroatoms. The lowest BCUT2D eigenvalue weighted by Gasteiger charge is -2.33. The summed E-state index contributed by atoms with van der Waals surface area (Å²) in [7, 11) is -3.06. The molecule has 5 atom stereocenters. The van der Waals surface area contributed by atoms with E-state index >= 15 is 0 Å². The highest BCUT2D eigenvalue weighted by Crippen LogP contribution is 2.29. The molecule has 1 saturated carbocycles. The average Bonchev–Trinajstić information content (AvgIpc) is 3.03. The van der Waals surface area contributed by atoms with Crippen molar-refractivity contribution in [3.8, 4) is 0 Å². The van der Waals surface area contributed by atoms with E-state index in [1.807, 2.05) is 13.8 Å². The third kappa shape index (κ3) is 11.6. The van der Waals surface area contributed by atoms with Gasteiger partial charge in [0.05, 0.1) is 32.5 Å². The van der Waals surface area contributed by atoms with Crippen LogP contribution in [0.4, 0.5) is 0 Å². The summed E-state index contributed by atoms with van der Waals surface area (Å²) in [4.78, 5) is 40.1. The molecular formula is C31H50N4O9S. The minimum absolute atomic E-state index is 0.0594. The van der Waals surface area contributed by atoms with Gasteiger partial charge in [0.15, 0.2) is 0 Å². The first-order chi connectivity index (χ1) is 21.4. The molecule has 2 fully saturated rings. The van der Waals surface area contributed by atoms with Crippen LogP contribution in [-0.2, 0) is 40.5 Å². The summed E-state index contributed by atoms with van der Waals surface area (Å²) in [6, 6.07) is 4.63. The van der Waals surface area contributed by atoms with Crippen molar-refractivity contribution in [2.75, 3.05) is 33.4 Å². The molecule has 3 rings (SSSR count). The summed E-state index contributed by atoms with van der Waals surface area (Å²) < 4.78 is 40.1. The molecule has 1 aliphatic heterocycles. The fraction of sp³-hybridized carbons (Fsp3) is 0.710. The van der Waals surface area contributed by atoms with Crippen LogP contribution >= 0.6 is 0 Å². The maximum atomic E-state index is 13.7. The molecule has 0 spiro atoms. The van der Waals surface area contributed by atoms with Crippen LogP contribution in [0.3, 0.4) is 0 Å². The average molecular weight is 655 g/mol. The van der Waals surface area contributed by atoms with Crippen molar-refractivity contribution in [2.24, 2.45) is 11.8 Å². The number of hydrogen-bond donors (Lipinski definition) is 5. The van der Waals surface area contributed by atoms with Gasteiger partial charge in [0.2, 0.25) is 11.9 Å². The summed E-state index contributed by atoms with van der Waals surface area (Å²) in [5, 5.41) is 26.9. The standard InChI is InChI=1S/C31H50N4O9S/c1-21(2)18-26(36)28(37)24(19-22-10-6-4-7-11-22)32-30(39)27(31(40)43-3)33-29(38)25(20-23-12-8-5-9-13-23)34-45(41,42)35-14-16-44-17-15-35/h5,8-9,12-13,21-22,24-28,34,36-37H,4,6-7,10-11,14-20H2,1-3H3,(H,32,39)(H,33,38)/t24-,25-,26-,27-,28+/m0/s1. The minimum Gasteiger partial charge on any atom is -0.467 e. The number of amides is 2. The Kier molecular flexibility index (Phi) is 14.7. The number of nitrogens with one attached hydrogen (secondary N) is 3. The van der Waals surface area contributed by atoms with E-state index in [1.165, 1.54) is 4.31 Å². The maximum absolute atomic E-state index is 13.7. The van der Waals surface area contributed by atoms with Crippen LogP contribution in [0.25, 0.3) is 0 Å². The monoisotopic (exact) mass is 654 g/mol. The van der Waals surface area contributed by atoms with Crippen LogP contribution in [0.15, 0.2) is 30.3 Å².